The van der Waals surface area contributed by atoms with E-state index in [1.165, 1.54) is 18.4 Å². The third kappa shape index (κ3) is 4.06. The van der Waals surface area contributed by atoms with E-state index in [9.17, 15) is 9.59 Å². The zero-order chi connectivity index (χ0) is 20.4. The molecule has 0 aliphatic carbocycles. The summed E-state index contributed by atoms with van der Waals surface area (Å²) in [5.41, 5.74) is 2.36. The van der Waals surface area contributed by atoms with Gasteiger partial charge in [0.05, 0.1) is 12.1 Å². The van der Waals surface area contributed by atoms with E-state index in [-0.39, 0.29) is 0 Å². The summed E-state index contributed by atoms with van der Waals surface area (Å²) in [7, 11) is 1.51. The number of hydrogen-bond donors (Lipinski definition) is 1. The Balaban J connectivity index is 1.39. The lowest BCUT2D eigenvalue weighted by Crippen LogP contribution is -2.20. The first-order valence-electron chi connectivity index (χ1n) is 8.70. The number of amides is 1. The Morgan fingerprint density at radius 1 is 1.21 bits per heavy atom. The molecule has 0 saturated carbocycles. The second-order valence-corrected chi connectivity index (χ2v) is 7.68. The second kappa shape index (κ2) is 8.14. The van der Waals surface area contributed by atoms with Crippen LogP contribution in [-0.2, 0) is 16.1 Å². The van der Waals surface area contributed by atoms with Crippen molar-refractivity contribution in [3.8, 4) is 21.9 Å². The number of thiophene rings is 1. The first-order valence-corrected chi connectivity index (χ1v) is 9.90. The molecule has 1 aromatic heterocycles. The van der Waals surface area contributed by atoms with Gasteiger partial charge in [0.1, 0.15) is 23.0 Å². The van der Waals surface area contributed by atoms with E-state index >= 15 is 0 Å². The molecule has 0 atom stereocenters. The highest BCUT2D eigenvalue weighted by Crippen LogP contribution is 2.42. The summed E-state index contributed by atoms with van der Waals surface area (Å²) in [5, 5.41) is 3.00. The van der Waals surface area contributed by atoms with Crippen LogP contribution in [0.15, 0.2) is 48.5 Å². The summed E-state index contributed by atoms with van der Waals surface area (Å²) in [5.74, 6) is 0.280. The SMILES string of the molecule is COc1ccc(NC(=O)COC(=O)c2cc3c(s2)-c2ccccc2OC3)cc1Cl. The molecular weight excluding hydrogens is 414 g/mol. The highest BCUT2D eigenvalue weighted by Gasteiger charge is 2.23. The molecule has 8 heteroatoms. The van der Waals surface area contributed by atoms with Crippen LogP contribution in [0.4, 0.5) is 5.69 Å². The van der Waals surface area contributed by atoms with E-state index < -0.39 is 18.5 Å². The van der Waals surface area contributed by atoms with Gasteiger partial charge in [-0.05, 0) is 36.4 Å². The maximum absolute atomic E-state index is 12.4. The molecular formula is C21H16ClNO5S. The number of methoxy groups -OCH3 is 1. The van der Waals surface area contributed by atoms with Crippen LogP contribution >= 0.6 is 22.9 Å². The summed E-state index contributed by atoms with van der Waals surface area (Å²) >= 11 is 7.37. The minimum absolute atomic E-state index is 0.369. The number of rotatable bonds is 5. The van der Waals surface area contributed by atoms with Crippen LogP contribution in [0.25, 0.3) is 10.4 Å². The van der Waals surface area contributed by atoms with Crippen molar-refractivity contribution in [1.29, 1.82) is 0 Å². The molecule has 2 aromatic carbocycles. The molecule has 1 N–H and O–H groups in total. The quantitative estimate of drug-likeness (QED) is 0.591. The summed E-state index contributed by atoms with van der Waals surface area (Å²) in [6.45, 7) is -0.00697. The minimum atomic E-state index is -0.551. The zero-order valence-corrected chi connectivity index (χ0v) is 16.9. The number of fused-ring (bicyclic) bond motifs is 3. The standard InChI is InChI=1S/C21H16ClNO5S/c1-26-17-7-6-13(9-15(17)22)23-19(24)11-28-21(25)18-8-12-10-27-16-5-3-2-4-14(16)20(12)29-18/h2-9H,10-11H2,1H3,(H,23,24). The monoisotopic (exact) mass is 429 g/mol. The summed E-state index contributed by atoms with van der Waals surface area (Å²) < 4.78 is 15.9. The van der Waals surface area contributed by atoms with Crippen molar-refractivity contribution >= 4 is 40.5 Å². The Morgan fingerprint density at radius 3 is 2.83 bits per heavy atom. The Hall–Kier alpha value is -3.03. The van der Waals surface area contributed by atoms with Crippen LogP contribution in [-0.4, -0.2) is 25.6 Å². The Morgan fingerprint density at radius 2 is 2.03 bits per heavy atom. The first kappa shape index (κ1) is 19.3. The number of ether oxygens (including phenoxy) is 3. The molecule has 4 rings (SSSR count). The number of nitrogens with one attached hydrogen (secondary N) is 1. The van der Waals surface area contributed by atoms with Crippen LogP contribution in [0, 0.1) is 0 Å². The van der Waals surface area contributed by atoms with Crippen molar-refractivity contribution in [2.24, 2.45) is 0 Å². The van der Waals surface area contributed by atoms with Gasteiger partial charge in [0, 0.05) is 21.7 Å². The molecule has 2 heterocycles. The number of halogens is 1. The molecule has 29 heavy (non-hydrogen) atoms. The molecule has 0 unspecified atom stereocenters. The summed E-state index contributed by atoms with van der Waals surface area (Å²) in [4.78, 5) is 25.9. The lowest BCUT2D eigenvalue weighted by molar-refractivity contribution is -0.119. The van der Waals surface area contributed by atoms with Crippen LogP contribution in [0.1, 0.15) is 15.2 Å². The van der Waals surface area contributed by atoms with Gasteiger partial charge in [0.15, 0.2) is 6.61 Å². The number of carbonyl (C=O) groups is 2. The molecule has 0 radical (unpaired) electrons. The minimum Gasteiger partial charge on any atom is -0.495 e. The lowest BCUT2D eigenvalue weighted by atomic mass is 10.1. The van der Waals surface area contributed by atoms with E-state index in [1.54, 1.807) is 24.3 Å². The maximum Gasteiger partial charge on any atom is 0.348 e. The zero-order valence-electron chi connectivity index (χ0n) is 15.4. The Kier molecular flexibility index (Phi) is 5.42. The first-order chi connectivity index (χ1) is 14.0. The van der Waals surface area contributed by atoms with Crippen molar-refractivity contribution < 1.29 is 23.8 Å². The molecule has 0 fully saturated rings. The van der Waals surface area contributed by atoms with E-state index in [1.807, 2.05) is 24.3 Å². The molecule has 6 nitrogen and oxygen atoms in total. The van der Waals surface area contributed by atoms with E-state index in [4.69, 9.17) is 25.8 Å². The van der Waals surface area contributed by atoms with Gasteiger partial charge in [-0.25, -0.2) is 4.79 Å². The third-order valence-corrected chi connectivity index (χ3v) is 5.78. The molecule has 1 aliphatic heterocycles. The van der Waals surface area contributed by atoms with Crippen LogP contribution < -0.4 is 14.8 Å². The van der Waals surface area contributed by atoms with Gasteiger partial charge in [-0.3, -0.25) is 4.79 Å². The van der Waals surface area contributed by atoms with E-state index in [0.29, 0.717) is 27.9 Å². The van der Waals surface area contributed by atoms with Gasteiger partial charge in [0.25, 0.3) is 5.91 Å². The molecule has 148 valence electrons. The third-order valence-electron chi connectivity index (χ3n) is 4.29. The molecule has 0 bridgehead atoms. The van der Waals surface area contributed by atoms with Crippen molar-refractivity contribution in [2.75, 3.05) is 19.0 Å². The Labute approximate surface area is 176 Å². The smallest absolute Gasteiger partial charge is 0.348 e. The largest absolute Gasteiger partial charge is 0.495 e. The molecule has 0 saturated heterocycles. The van der Waals surface area contributed by atoms with Crippen molar-refractivity contribution in [3.05, 3.63) is 64.0 Å². The molecule has 1 amide bonds. The molecule has 0 spiro atoms. The highest BCUT2D eigenvalue weighted by molar-refractivity contribution is 7.17. The molecule has 1 aliphatic rings. The average Bonchev–Trinajstić information content (AvgIpc) is 3.17. The van der Waals surface area contributed by atoms with Crippen LogP contribution in [0.5, 0.6) is 11.5 Å². The number of benzene rings is 2. The van der Waals surface area contributed by atoms with Gasteiger partial charge in [-0.15, -0.1) is 11.3 Å². The van der Waals surface area contributed by atoms with E-state index in [2.05, 4.69) is 5.32 Å². The Bertz CT molecular complexity index is 1090. The van der Waals surface area contributed by atoms with Gasteiger partial charge in [-0.1, -0.05) is 23.7 Å². The van der Waals surface area contributed by atoms with Crippen molar-refractivity contribution in [1.82, 2.24) is 0 Å². The fourth-order valence-corrected chi connectivity index (χ4v) is 4.29. The van der Waals surface area contributed by atoms with Gasteiger partial charge >= 0.3 is 5.97 Å². The van der Waals surface area contributed by atoms with Crippen molar-refractivity contribution in [3.63, 3.8) is 0 Å². The number of esters is 1. The molecule has 3 aromatic rings. The number of anilines is 1. The normalized spacial score (nSPS) is 11.7. The number of carbonyl (C=O) groups excluding carboxylic acids is 2. The van der Waals surface area contributed by atoms with E-state index in [0.717, 1.165) is 21.8 Å². The topological polar surface area (TPSA) is 73.9 Å². The van der Waals surface area contributed by atoms with Crippen LogP contribution in [0.2, 0.25) is 5.02 Å². The summed E-state index contributed by atoms with van der Waals surface area (Å²) in [6.07, 6.45) is 0. The number of hydrogen-bond acceptors (Lipinski definition) is 6. The number of para-hydroxylation sites is 1. The predicted octanol–water partition coefficient (Wildman–Crippen LogP) is 4.77. The van der Waals surface area contributed by atoms with Gasteiger partial charge in [-0.2, -0.15) is 0 Å². The van der Waals surface area contributed by atoms with Crippen LogP contribution in [0.3, 0.4) is 0 Å². The summed E-state index contributed by atoms with van der Waals surface area (Å²) in [6, 6.07) is 14.3. The lowest BCUT2D eigenvalue weighted by Gasteiger charge is -2.16. The van der Waals surface area contributed by atoms with Crippen molar-refractivity contribution in [2.45, 2.75) is 6.61 Å². The highest BCUT2D eigenvalue weighted by atomic mass is 35.5. The predicted molar refractivity (Wildman–Crippen MR) is 111 cm³/mol. The van der Waals surface area contributed by atoms with Gasteiger partial charge in [0.2, 0.25) is 0 Å². The van der Waals surface area contributed by atoms with Gasteiger partial charge < -0.3 is 19.5 Å². The second-order valence-electron chi connectivity index (χ2n) is 6.22. The maximum atomic E-state index is 12.4. The average molecular weight is 430 g/mol. The fourth-order valence-electron chi connectivity index (χ4n) is 2.94. The fraction of sp³-hybridized carbons (Fsp3) is 0.143.